The quantitative estimate of drug-likeness (QED) is 0.523. The highest BCUT2D eigenvalue weighted by Gasteiger charge is 2.34. The second kappa shape index (κ2) is 8.48. The molecule has 0 spiro atoms. The van der Waals surface area contributed by atoms with Crippen molar-refractivity contribution >= 4 is 57.8 Å². The first-order valence-electron chi connectivity index (χ1n) is 8.12. The van der Waals surface area contributed by atoms with Crippen molar-refractivity contribution in [2.24, 2.45) is 10.7 Å². The van der Waals surface area contributed by atoms with Gasteiger partial charge in [0.2, 0.25) is 5.91 Å². The van der Waals surface area contributed by atoms with Gasteiger partial charge in [-0.05, 0) is 42.5 Å². The van der Waals surface area contributed by atoms with Crippen LogP contribution >= 0.6 is 23.5 Å². The molecular weight excluding hydrogens is 406 g/mol. The standard InChI is InChI=1S/C17H15N3O6S2/c1-2-25-10-5-8(6-11-14(18)19-16(23)27-11)3-4-9(10)26-13(21)7-12-15(22)20-17(24)28-12/h3-6,12H,2,7H2,1H3,(H2,18,19,23)(H,20,22,24)/b11-6-. The lowest BCUT2D eigenvalue weighted by Crippen LogP contribution is -2.27. The van der Waals surface area contributed by atoms with Crippen LogP contribution in [0.2, 0.25) is 0 Å². The minimum absolute atomic E-state index is 0.144. The van der Waals surface area contributed by atoms with Gasteiger partial charge in [0.1, 0.15) is 11.1 Å². The van der Waals surface area contributed by atoms with Gasteiger partial charge in [0.05, 0.1) is 17.9 Å². The molecule has 9 nitrogen and oxygen atoms in total. The van der Waals surface area contributed by atoms with Gasteiger partial charge in [-0.15, -0.1) is 0 Å². The molecule has 3 amide bonds. The van der Waals surface area contributed by atoms with Crippen molar-refractivity contribution in [3.05, 3.63) is 28.7 Å². The summed E-state index contributed by atoms with van der Waals surface area (Å²) in [5, 5.41) is 0.442. The van der Waals surface area contributed by atoms with E-state index in [0.29, 0.717) is 22.8 Å². The first kappa shape index (κ1) is 20.0. The number of esters is 1. The molecule has 0 aliphatic carbocycles. The number of hydrogen-bond acceptors (Lipinski definition) is 9. The van der Waals surface area contributed by atoms with Crippen molar-refractivity contribution < 1.29 is 28.7 Å². The Morgan fingerprint density at radius 3 is 2.71 bits per heavy atom. The van der Waals surface area contributed by atoms with E-state index in [-0.39, 0.29) is 23.2 Å². The highest BCUT2D eigenvalue weighted by atomic mass is 32.2. The lowest BCUT2D eigenvalue weighted by molar-refractivity contribution is -0.136. The molecule has 0 bridgehead atoms. The predicted octanol–water partition coefficient (Wildman–Crippen LogP) is 2.30. The smallest absolute Gasteiger partial charge is 0.312 e. The number of aliphatic imine (C=N–C) groups is 1. The second-order valence-electron chi connectivity index (χ2n) is 5.57. The Morgan fingerprint density at radius 1 is 1.32 bits per heavy atom. The number of hydrogen-bond donors (Lipinski definition) is 2. The maximum absolute atomic E-state index is 12.2. The van der Waals surface area contributed by atoms with Crippen LogP contribution in [0.4, 0.5) is 9.59 Å². The van der Waals surface area contributed by atoms with Crippen LogP contribution in [0.5, 0.6) is 11.5 Å². The second-order valence-corrected chi connectivity index (χ2v) is 7.74. The first-order chi connectivity index (χ1) is 13.4. The summed E-state index contributed by atoms with van der Waals surface area (Å²) < 4.78 is 10.8. The van der Waals surface area contributed by atoms with Crippen molar-refractivity contribution in [3.63, 3.8) is 0 Å². The molecule has 2 aliphatic heterocycles. The van der Waals surface area contributed by atoms with Gasteiger partial charge in [0.15, 0.2) is 11.5 Å². The Bertz CT molecular complexity index is 927. The number of thioether (sulfide) groups is 2. The van der Waals surface area contributed by atoms with E-state index < -0.39 is 22.4 Å². The number of nitrogens with zero attached hydrogens (tertiary/aromatic N) is 1. The minimum Gasteiger partial charge on any atom is -0.490 e. The van der Waals surface area contributed by atoms with Crippen molar-refractivity contribution in [2.75, 3.05) is 6.61 Å². The summed E-state index contributed by atoms with van der Waals surface area (Å²) in [6, 6.07) is 4.84. The Balaban J connectivity index is 1.74. The molecule has 1 atom stereocenters. The van der Waals surface area contributed by atoms with E-state index >= 15 is 0 Å². The Labute approximate surface area is 168 Å². The molecule has 3 N–H and O–H groups in total. The summed E-state index contributed by atoms with van der Waals surface area (Å²) in [4.78, 5) is 50.4. The number of nitrogens with one attached hydrogen (secondary N) is 1. The normalized spacial score (nSPS) is 20.3. The van der Waals surface area contributed by atoms with Gasteiger partial charge in [0.25, 0.3) is 5.24 Å². The summed E-state index contributed by atoms with van der Waals surface area (Å²) in [6.07, 6.45) is 1.43. The Morgan fingerprint density at radius 2 is 2.11 bits per heavy atom. The number of amides is 3. The number of carbonyl (C=O) groups is 4. The van der Waals surface area contributed by atoms with Crippen LogP contribution in [-0.2, 0) is 9.59 Å². The molecule has 2 heterocycles. The summed E-state index contributed by atoms with van der Waals surface area (Å²) >= 11 is 1.68. The molecule has 1 aromatic carbocycles. The minimum atomic E-state index is -0.807. The van der Waals surface area contributed by atoms with Gasteiger partial charge >= 0.3 is 11.2 Å². The van der Waals surface area contributed by atoms with Gasteiger partial charge < -0.3 is 15.2 Å². The summed E-state index contributed by atoms with van der Waals surface area (Å²) in [5.74, 6) is -0.537. The number of amidine groups is 1. The Kier molecular flexibility index (Phi) is 6.05. The molecule has 28 heavy (non-hydrogen) atoms. The molecule has 1 saturated heterocycles. The highest BCUT2D eigenvalue weighted by molar-refractivity contribution is 8.18. The zero-order valence-electron chi connectivity index (χ0n) is 14.6. The van der Waals surface area contributed by atoms with Crippen molar-refractivity contribution in [3.8, 4) is 11.5 Å². The first-order valence-corrected chi connectivity index (χ1v) is 9.82. The molecular formula is C17H15N3O6S2. The summed E-state index contributed by atoms with van der Waals surface area (Å²) in [5.41, 5.74) is 6.37. The summed E-state index contributed by atoms with van der Waals surface area (Å²) in [6.45, 7) is 2.11. The molecule has 0 aromatic heterocycles. The average molecular weight is 421 g/mol. The lowest BCUT2D eigenvalue weighted by atomic mass is 10.2. The average Bonchev–Trinajstić information content (AvgIpc) is 3.10. The number of imide groups is 1. The van der Waals surface area contributed by atoms with E-state index in [4.69, 9.17) is 15.2 Å². The van der Waals surface area contributed by atoms with E-state index in [1.54, 1.807) is 25.1 Å². The van der Waals surface area contributed by atoms with Crippen LogP contribution in [0.25, 0.3) is 6.08 Å². The fourth-order valence-corrected chi connectivity index (χ4v) is 3.87. The van der Waals surface area contributed by atoms with Gasteiger partial charge in [-0.1, -0.05) is 17.8 Å². The number of ether oxygens (including phenoxy) is 2. The molecule has 0 radical (unpaired) electrons. The van der Waals surface area contributed by atoms with Gasteiger partial charge in [0, 0.05) is 0 Å². The maximum atomic E-state index is 12.2. The van der Waals surface area contributed by atoms with Crippen molar-refractivity contribution in [2.45, 2.75) is 18.6 Å². The van der Waals surface area contributed by atoms with E-state index in [2.05, 4.69) is 10.3 Å². The molecule has 1 unspecified atom stereocenters. The molecule has 2 aliphatic rings. The van der Waals surface area contributed by atoms with Crippen LogP contribution < -0.4 is 20.5 Å². The Hall–Kier alpha value is -2.79. The monoisotopic (exact) mass is 421 g/mol. The number of benzene rings is 1. The largest absolute Gasteiger partial charge is 0.490 e. The zero-order valence-corrected chi connectivity index (χ0v) is 16.2. The van der Waals surface area contributed by atoms with Gasteiger partial charge in [-0.3, -0.25) is 24.5 Å². The topological polar surface area (TPSA) is 137 Å². The van der Waals surface area contributed by atoms with Crippen molar-refractivity contribution in [1.82, 2.24) is 5.32 Å². The molecule has 11 heteroatoms. The third-order valence-electron chi connectivity index (χ3n) is 3.57. The van der Waals surface area contributed by atoms with Crippen LogP contribution in [0, 0.1) is 0 Å². The molecule has 3 rings (SSSR count). The predicted molar refractivity (Wildman–Crippen MR) is 105 cm³/mol. The van der Waals surface area contributed by atoms with E-state index in [9.17, 15) is 19.2 Å². The number of rotatable bonds is 6. The fraction of sp³-hybridized carbons (Fsp3) is 0.235. The lowest BCUT2D eigenvalue weighted by Gasteiger charge is -2.12. The van der Waals surface area contributed by atoms with Crippen molar-refractivity contribution in [1.29, 1.82) is 0 Å². The molecule has 146 valence electrons. The fourth-order valence-electron chi connectivity index (χ4n) is 2.39. The molecule has 0 saturated carbocycles. The van der Waals surface area contributed by atoms with E-state index in [1.165, 1.54) is 6.07 Å². The third kappa shape index (κ3) is 4.73. The third-order valence-corrected chi connectivity index (χ3v) is 5.36. The van der Waals surface area contributed by atoms with Gasteiger partial charge in [-0.2, -0.15) is 4.99 Å². The van der Waals surface area contributed by atoms with Crippen LogP contribution in [0.1, 0.15) is 18.9 Å². The van der Waals surface area contributed by atoms with Crippen LogP contribution in [0.15, 0.2) is 28.1 Å². The summed E-state index contributed by atoms with van der Waals surface area (Å²) in [7, 11) is 0. The van der Waals surface area contributed by atoms with E-state index in [0.717, 1.165) is 23.5 Å². The van der Waals surface area contributed by atoms with E-state index in [1.807, 2.05) is 0 Å². The maximum Gasteiger partial charge on any atom is 0.312 e. The van der Waals surface area contributed by atoms with Crippen LogP contribution in [-0.4, -0.2) is 40.0 Å². The number of carbonyl (C=O) groups excluding carboxylic acids is 4. The molecule has 1 fully saturated rings. The van der Waals surface area contributed by atoms with Crippen LogP contribution in [0.3, 0.4) is 0 Å². The van der Waals surface area contributed by atoms with Gasteiger partial charge in [-0.25, -0.2) is 0 Å². The SMILES string of the molecule is CCOc1cc(/C=C2\SC(=O)N=C2N)ccc1OC(=O)CC1SC(=O)NC1=O. The molecule has 1 aromatic rings. The zero-order chi connectivity index (χ0) is 20.3. The highest BCUT2D eigenvalue weighted by Crippen LogP contribution is 2.33. The number of nitrogens with two attached hydrogens (primary N) is 1.